The second-order valence-corrected chi connectivity index (χ2v) is 9.19. The third-order valence-electron chi connectivity index (χ3n) is 5.58. The van der Waals surface area contributed by atoms with Gasteiger partial charge in [0, 0.05) is 57.8 Å². The van der Waals surface area contributed by atoms with Crippen molar-refractivity contribution in [1.29, 1.82) is 0 Å². The maximum absolute atomic E-state index is 12.0. The summed E-state index contributed by atoms with van der Waals surface area (Å²) < 4.78 is 5.51. The molecule has 1 aromatic rings. The highest BCUT2D eigenvalue weighted by Crippen LogP contribution is 2.17. The molecule has 3 heterocycles. The molecule has 3 rings (SSSR count). The number of guanidine groups is 1. The summed E-state index contributed by atoms with van der Waals surface area (Å²) in [5.41, 5.74) is 0. The van der Waals surface area contributed by atoms with Crippen molar-refractivity contribution in [2.24, 2.45) is 10.9 Å². The average Bonchev–Trinajstić information content (AvgIpc) is 3.41. The smallest absolute Gasteiger partial charge is 0.243 e. The predicted octanol–water partition coefficient (Wildman–Crippen LogP) is 2.03. The molecule has 2 N–H and O–H groups in total. The summed E-state index contributed by atoms with van der Waals surface area (Å²) in [5.74, 6) is 1.46. The van der Waals surface area contributed by atoms with Crippen LogP contribution < -0.4 is 10.6 Å². The lowest BCUT2D eigenvalue weighted by molar-refractivity contribution is -0.127. The fourth-order valence-corrected chi connectivity index (χ4v) is 4.45. The van der Waals surface area contributed by atoms with Gasteiger partial charge >= 0.3 is 0 Å². The maximum atomic E-state index is 12.0. The topological polar surface area (TPSA) is 69.2 Å². The van der Waals surface area contributed by atoms with E-state index >= 15 is 0 Å². The molecule has 0 saturated carbocycles. The quantitative estimate of drug-likeness (QED) is 0.295. The van der Waals surface area contributed by atoms with Crippen LogP contribution in [-0.2, 0) is 16.0 Å². The lowest BCUT2D eigenvalue weighted by Gasteiger charge is -2.34. The number of ether oxygens (including phenoxy) is 1. The number of thiophene rings is 1. The number of piperidine rings is 1. The Bertz CT molecular complexity index is 642. The standard InChI is InChI=1S/C21H35N5O2S.HI/c1-25(2)20(27)14-23-21(22-9-5-19-4-3-13-29-19)24-18-6-10-26(11-7-18)15-17-8-12-28-16-17;/h3-4,13,17-18H,5-12,14-16H2,1-2H3,(H2,22,23,24);1H. The molecule has 2 fully saturated rings. The summed E-state index contributed by atoms with van der Waals surface area (Å²) in [6, 6.07) is 4.62. The van der Waals surface area contributed by atoms with Crippen molar-refractivity contribution >= 4 is 47.2 Å². The van der Waals surface area contributed by atoms with Crippen molar-refractivity contribution in [1.82, 2.24) is 20.4 Å². The Hall–Kier alpha value is -0.910. The molecule has 0 aromatic carbocycles. The molecule has 7 nitrogen and oxygen atoms in total. The van der Waals surface area contributed by atoms with Gasteiger partial charge in [-0.25, -0.2) is 4.99 Å². The van der Waals surface area contributed by atoms with Crippen LogP contribution >= 0.6 is 35.3 Å². The second-order valence-electron chi connectivity index (χ2n) is 8.16. The highest BCUT2D eigenvalue weighted by Gasteiger charge is 2.24. The highest BCUT2D eigenvalue weighted by atomic mass is 127. The number of carbonyl (C=O) groups is 1. The van der Waals surface area contributed by atoms with Crippen LogP contribution in [0, 0.1) is 5.92 Å². The lowest BCUT2D eigenvalue weighted by atomic mass is 10.0. The van der Waals surface area contributed by atoms with Gasteiger partial charge in [0.1, 0.15) is 6.54 Å². The average molecular weight is 550 g/mol. The molecule has 0 spiro atoms. The normalized spacial score (nSPS) is 20.6. The Morgan fingerprint density at radius 3 is 2.77 bits per heavy atom. The largest absolute Gasteiger partial charge is 0.381 e. The van der Waals surface area contributed by atoms with Gasteiger partial charge in [0.05, 0.1) is 6.61 Å². The van der Waals surface area contributed by atoms with Crippen LogP contribution in [0.4, 0.5) is 0 Å². The Morgan fingerprint density at radius 1 is 1.33 bits per heavy atom. The van der Waals surface area contributed by atoms with Crippen LogP contribution in [0.5, 0.6) is 0 Å². The Kier molecular flexibility index (Phi) is 11.4. The Labute approximate surface area is 201 Å². The van der Waals surface area contributed by atoms with Crippen molar-refractivity contribution in [2.45, 2.75) is 31.7 Å². The van der Waals surface area contributed by atoms with E-state index in [-0.39, 0.29) is 36.4 Å². The summed E-state index contributed by atoms with van der Waals surface area (Å²) in [4.78, 5) is 22.0. The molecule has 0 aliphatic carbocycles. The van der Waals surface area contributed by atoms with Crippen LogP contribution in [0.2, 0.25) is 0 Å². The first-order valence-corrected chi connectivity index (χ1v) is 11.6. The number of carbonyl (C=O) groups excluding carboxylic acids is 1. The summed E-state index contributed by atoms with van der Waals surface area (Å²) in [6.07, 6.45) is 4.35. The number of nitrogens with one attached hydrogen (secondary N) is 2. The first-order valence-electron chi connectivity index (χ1n) is 10.7. The molecule has 2 aliphatic rings. The van der Waals surface area contributed by atoms with Crippen molar-refractivity contribution < 1.29 is 9.53 Å². The molecule has 2 aliphatic heterocycles. The highest BCUT2D eigenvalue weighted by molar-refractivity contribution is 14.0. The maximum Gasteiger partial charge on any atom is 0.243 e. The first kappa shape index (κ1) is 25.4. The van der Waals surface area contributed by atoms with Gasteiger partial charge in [-0.15, -0.1) is 35.3 Å². The third-order valence-corrected chi connectivity index (χ3v) is 6.52. The van der Waals surface area contributed by atoms with Crippen molar-refractivity contribution in [3.05, 3.63) is 22.4 Å². The van der Waals surface area contributed by atoms with Gasteiger partial charge in [0.25, 0.3) is 0 Å². The van der Waals surface area contributed by atoms with E-state index in [0.717, 1.165) is 64.6 Å². The lowest BCUT2D eigenvalue weighted by Crippen LogP contribution is -2.49. The van der Waals surface area contributed by atoms with Crippen molar-refractivity contribution in [3.63, 3.8) is 0 Å². The number of halogens is 1. The minimum atomic E-state index is 0. The van der Waals surface area contributed by atoms with Crippen molar-refractivity contribution in [3.8, 4) is 0 Å². The number of likely N-dealkylation sites (tertiary alicyclic amines) is 1. The van der Waals surface area contributed by atoms with Gasteiger partial charge in [-0.05, 0) is 43.0 Å². The fourth-order valence-electron chi connectivity index (χ4n) is 3.75. The molecule has 0 bridgehead atoms. The van der Waals surface area contributed by atoms with Crippen LogP contribution in [0.1, 0.15) is 24.1 Å². The van der Waals surface area contributed by atoms with Crippen LogP contribution in [0.15, 0.2) is 22.5 Å². The number of hydrogen-bond acceptors (Lipinski definition) is 5. The summed E-state index contributed by atoms with van der Waals surface area (Å²) in [7, 11) is 3.53. The van der Waals surface area contributed by atoms with Gasteiger partial charge in [-0.3, -0.25) is 4.79 Å². The molecule has 170 valence electrons. The Morgan fingerprint density at radius 2 is 2.13 bits per heavy atom. The summed E-state index contributed by atoms with van der Waals surface area (Å²) in [6.45, 7) is 6.18. The summed E-state index contributed by atoms with van der Waals surface area (Å²) >= 11 is 1.77. The van der Waals surface area contributed by atoms with E-state index in [0.29, 0.717) is 12.0 Å². The van der Waals surface area contributed by atoms with Crippen LogP contribution in [-0.4, -0.2) is 87.7 Å². The molecular weight excluding hydrogens is 513 g/mol. The van der Waals surface area contributed by atoms with Gasteiger partial charge in [-0.1, -0.05) is 6.07 Å². The van der Waals surface area contributed by atoms with Crippen LogP contribution in [0.25, 0.3) is 0 Å². The van der Waals surface area contributed by atoms with Gasteiger partial charge < -0.3 is 25.2 Å². The predicted molar refractivity (Wildman–Crippen MR) is 134 cm³/mol. The third kappa shape index (κ3) is 8.68. The zero-order chi connectivity index (χ0) is 20.5. The van der Waals surface area contributed by atoms with Crippen LogP contribution in [0.3, 0.4) is 0 Å². The molecule has 1 amide bonds. The van der Waals surface area contributed by atoms with Gasteiger partial charge in [0.15, 0.2) is 5.96 Å². The summed E-state index contributed by atoms with van der Waals surface area (Å²) in [5, 5.41) is 9.08. The first-order chi connectivity index (χ1) is 14.1. The molecular formula is C21H36IN5O2S. The molecule has 1 atom stereocenters. The number of aliphatic imine (C=N–C) groups is 1. The van der Waals surface area contributed by atoms with E-state index < -0.39 is 0 Å². The van der Waals surface area contributed by atoms with E-state index in [1.807, 2.05) is 0 Å². The molecule has 2 saturated heterocycles. The van der Waals surface area contributed by atoms with E-state index in [9.17, 15) is 4.79 Å². The number of nitrogens with zero attached hydrogens (tertiary/aromatic N) is 3. The SMILES string of the molecule is CN(C)C(=O)CN=C(NCCc1cccs1)NC1CCN(CC2CCOC2)CC1.I. The van der Waals surface area contributed by atoms with Crippen molar-refractivity contribution in [2.75, 3.05) is 60.0 Å². The molecule has 1 aromatic heterocycles. The number of rotatable bonds is 8. The molecule has 0 radical (unpaired) electrons. The number of likely N-dealkylation sites (N-methyl/N-ethyl adjacent to an activating group) is 1. The van der Waals surface area contributed by atoms with E-state index in [4.69, 9.17) is 4.74 Å². The van der Waals surface area contributed by atoms with Gasteiger partial charge in [-0.2, -0.15) is 0 Å². The minimum Gasteiger partial charge on any atom is -0.381 e. The zero-order valence-electron chi connectivity index (χ0n) is 18.1. The minimum absolute atomic E-state index is 0. The molecule has 30 heavy (non-hydrogen) atoms. The van der Waals surface area contributed by atoms with E-state index in [2.05, 4.69) is 38.0 Å². The zero-order valence-corrected chi connectivity index (χ0v) is 21.3. The monoisotopic (exact) mass is 549 g/mol. The van der Waals surface area contributed by atoms with Gasteiger partial charge in [0.2, 0.25) is 5.91 Å². The number of hydrogen-bond donors (Lipinski definition) is 2. The Balaban J connectivity index is 0.00000320. The number of amides is 1. The van der Waals surface area contributed by atoms with E-state index in [1.165, 1.54) is 11.3 Å². The second kappa shape index (κ2) is 13.5. The van der Waals surface area contributed by atoms with E-state index in [1.54, 1.807) is 30.3 Å². The molecule has 9 heteroatoms. The fraction of sp³-hybridized carbons (Fsp3) is 0.714. The molecule has 1 unspecified atom stereocenters.